The molecule has 0 aromatic rings. The summed E-state index contributed by atoms with van der Waals surface area (Å²) in [5.74, 6) is 0.824. The minimum Gasteiger partial charge on any atom is -0.300 e. The highest BCUT2D eigenvalue weighted by Gasteiger charge is 2.33. The fourth-order valence-electron chi connectivity index (χ4n) is 4.03. The smallest absolute Gasteiger partial charge is 0.0100 e. The Morgan fingerprint density at radius 1 is 1.10 bits per heavy atom. The third-order valence-electron chi connectivity index (χ3n) is 5.22. The lowest BCUT2D eigenvalue weighted by Gasteiger charge is -2.40. The van der Waals surface area contributed by atoms with Gasteiger partial charge in [-0.05, 0) is 50.0 Å². The molecule has 2 heteroatoms. The maximum Gasteiger partial charge on any atom is 0.0100 e. The number of rotatable bonds is 11. The molecule has 1 fully saturated rings. The van der Waals surface area contributed by atoms with Crippen molar-refractivity contribution in [3.8, 4) is 0 Å². The SMILES string of the molecule is CCCC(CBr)(CCC)CN(CCC(C)C)C1CCCC1. The summed E-state index contributed by atoms with van der Waals surface area (Å²) < 4.78 is 0. The van der Waals surface area contributed by atoms with Gasteiger partial charge in [0, 0.05) is 17.9 Å². The molecule has 1 aliphatic carbocycles. The van der Waals surface area contributed by atoms with Gasteiger partial charge in [-0.1, -0.05) is 69.3 Å². The fraction of sp³-hybridized carbons (Fsp3) is 1.00. The molecule has 0 aromatic heterocycles. The molecule has 1 nitrogen and oxygen atoms in total. The summed E-state index contributed by atoms with van der Waals surface area (Å²) in [6, 6.07) is 0.871. The van der Waals surface area contributed by atoms with Crippen molar-refractivity contribution in [3.63, 3.8) is 0 Å². The Morgan fingerprint density at radius 3 is 2.10 bits per heavy atom. The lowest BCUT2D eigenvalue weighted by Crippen LogP contribution is -2.44. The third kappa shape index (κ3) is 6.60. The Morgan fingerprint density at radius 2 is 1.67 bits per heavy atom. The molecule has 126 valence electrons. The van der Waals surface area contributed by atoms with Crippen LogP contribution >= 0.6 is 15.9 Å². The predicted molar refractivity (Wildman–Crippen MR) is 99.3 cm³/mol. The summed E-state index contributed by atoms with van der Waals surface area (Å²) in [5, 5.41) is 1.17. The number of halogens is 1. The zero-order valence-electron chi connectivity index (χ0n) is 15.0. The average Bonchev–Trinajstić information content (AvgIpc) is 2.97. The van der Waals surface area contributed by atoms with Crippen molar-refractivity contribution >= 4 is 15.9 Å². The molecular formula is C19H38BrN. The zero-order chi connectivity index (χ0) is 15.7. The van der Waals surface area contributed by atoms with Gasteiger partial charge < -0.3 is 0 Å². The molecule has 21 heavy (non-hydrogen) atoms. The molecule has 0 bridgehead atoms. The van der Waals surface area contributed by atoms with Crippen LogP contribution in [0.15, 0.2) is 0 Å². The van der Waals surface area contributed by atoms with E-state index in [1.54, 1.807) is 0 Å². The van der Waals surface area contributed by atoms with E-state index in [0.29, 0.717) is 5.41 Å². The zero-order valence-corrected chi connectivity index (χ0v) is 16.6. The maximum atomic E-state index is 3.87. The van der Waals surface area contributed by atoms with Crippen molar-refractivity contribution in [2.75, 3.05) is 18.4 Å². The van der Waals surface area contributed by atoms with E-state index in [0.717, 1.165) is 12.0 Å². The van der Waals surface area contributed by atoms with Gasteiger partial charge in [0.25, 0.3) is 0 Å². The highest BCUT2D eigenvalue weighted by atomic mass is 79.9. The van der Waals surface area contributed by atoms with Gasteiger partial charge in [-0.15, -0.1) is 0 Å². The molecule has 0 atom stereocenters. The average molecular weight is 360 g/mol. The van der Waals surface area contributed by atoms with Crippen molar-refractivity contribution in [1.82, 2.24) is 4.90 Å². The van der Waals surface area contributed by atoms with Crippen LogP contribution in [-0.4, -0.2) is 29.4 Å². The first kappa shape index (κ1) is 19.5. The minimum absolute atomic E-state index is 0.503. The Labute approximate surface area is 142 Å². The molecule has 1 saturated carbocycles. The quantitative estimate of drug-likeness (QED) is 0.393. The normalized spacial score (nSPS) is 17.3. The third-order valence-corrected chi connectivity index (χ3v) is 6.41. The lowest BCUT2D eigenvalue weighted by atomic mass is 9.80. The van der Waals surface area contributed by atoms with Crippen molar-refractivity contribution in [2.24, 2.45) is 11.3 Å². The number of nitrogens with zero attached hydrogens (tertiary/aromatic N) is 1. The van der Waals surface area contributed by atoms with Gasteiger partial charge in [-0.3, -0.25) is 4.90 Å². The fourth-order valence-corrected chi connectivity index (χ4v) is 4.77. The topological polar surface area (TPSA) is 3.24 Å². The maximum absolute atomic E-state index is 3.87. The number of hydrogen-bond donors (Lipinski definition) is 0. The van der Waals surface area contributed by atoms with Gasteiger partial charge in [0.15, 0.2) is 0 Å². The molecule has 1 rings (SSSR count). The summed E-state index contributed by atoms with van der Waals surface area (Å²) in [6.45, 7) is 12.1. The summed E-state index contributed by atoms with van der Waals surface area (Å²) in [7, 11) is 0. The van der Waals surface area contributed by atoms with Gasteiger partial charge in [-0.25, -0.2) is 0 Å². The molecule has 0 aromatic carbocycles. The van der Waals surface area contributed by atoms with Crippen molar-refractivity contribution < 1.29 is 0 Å². The largest absolute Gasteiger partial charge is 0.300 e. The van der Waals surface area contributed by atoms with Crippen molar-refractivity contribution in [3.05, 3.63) is 0 Å². The van der Waals surface area contributed by atoms with Crippen LogP contribution in [-0.2, 0) is 0 Å². The van der Waals surface area contributed by atoms with Crippen LogP contribution in [0.2, 0.25) is 0 Å². The lowest BCUT2D eigenvalue weighted by molar-refractivity contribution is 0.104. The van der Waals surface area contributed by atoms with Crippen LogP contribution in [0.1, 0.15) is 85.5 Å². The molecule has 0 spiro atoms. The Kier molecular flexibility index (Phi) is 9.52. The molecule has 0 radical (unpaired) electrons. The highest BCUT2D eigenvalue weighted by molar-refractivity contribution is 9.09. The molecule has 0 unspecified atom stereocenters. The Balaban J connectivity index is 2.73. The molecule has 0 aliphatic heterocycles. The van der Waals surface area contributed by atoms with E-state index in [2.05, 4.69) is 48.5 Å². The van der Waals surface area contributed by atoms with Gasteiger partial charge >= 0.3 is 0 Å². The van der Waals surface area contributed by atoms with E-state index >= 15 is 0 Å². The monoisotopic (exact) mass is 359 g/mol. The van der Waals surface area contributed by atoms with Crippen LogP contribution in [0.3, 0.4) is 0 Å². The standard InChI is InChI=1S/C19H38BrN/c1-5-12-19(15-20,13-6-2)16-21(14-11-17(3)4)18-9-7-8-10-18/h17-18H,5-16H2,1-4H3. The number of alkyl halides is 1. The summed E-state index contributed by atoms with van der Waals surface area (Å²) in [5.41, 5.74) is 0.503. The van der Waals surface area contributed by atoms with Crippen molar-refractivity contribution in [1.29, 1.82) is 0 Å². The van der Waals surface area contributed by atoms with E-state index in [9.17, 15) is 0 Å². The van der Waals surface area contributed by atoms with E-state index in [1.165, 1.54) is 76.2 Å². The molecule has 0 amide bonds. The molecule has 1 aliphatic rings. The molecule has 0 N–H and O–H groups in total. The summed E-state index contributed by atoms with van der Waals surface area (Å²) in [4.78, 5) is 2.87. The van der Waals surface area contributed by atoms with Crippen LogP contribution in [0, 0.1) is 11.3 Å². The van der Waals surface area contributed by atoms with Gasteiger partial charge in [0.05, 0.1) is 0 Å². The first-order valence-corrected chi connectivity index (χ1v) is 10.5. The van der Waals surface area contributed by atoms with Gasteiger partial charge in [0.2, 0.25) is 0 Å². The van der Waals surface area contributed by atoms with E-state index < -0.39 is 0 Å². The van der Waals surface area contributed by atoms with Gasteiger partial charge in [0.1, 0.15) is 0 Å². The van der Waals surface area contributed by atoms with Crippen molar-refractivity contribution in [2.45, 2.75) is 91.5 Å². The Hall–Kier alpha value is 0.440. The first-order valence-electron chi connectivity index (χ1n) is 9.37. The highest BCUT2D eigenvalue weighted by Crippen LogP contribution is 2.36. The first-order chi connectivity index (χ1) is 10.1. The van der Waals surface area contributed by atoms with E-state index in [1.807, 2.05) is 0 Å². The second-order valence-corrected chi connectivity index (χ2v) is 8.29. The summed E-state index contributed by atoms with van der Waals surface area (Å²) >= 11 is 3.87. The molecule has 0 heterocycles. The van der Waals surface area contributed by atoms with Crippen LogP contribution in [0.25, 0.3) is 0 Å². The number of hydrogen-bond acceptors (Lipinski definition) is 1. The predicted octanol–water partition coefficient (Wildman–Crippen LogP) is 6.26. The summed E-state index contributed by atoms with van der Waals surface area (Å²) in [6.07, 6.45) is 12.5. The van der Waals surface area contributed by atoms with E-state index in [-0.39, 0.29) is 0 Å². The Bertz CT molecular complexity index is 252. The second-order valence-electron chi connectivity index (χ2n) is 7.72. The second kappa shape index (κ2) is 10.3. The molecular weight excluding hydrogens is 322 g/mol. The van der Waals surface area contributed by atoms with Gasteiger partial charge in [-0.2, -0.15) is 0 Å². The van der Waals surface area contributed by atoms with E-state index in [4.69, 9.17) is 0 Å². The van der Waals surface area contributed by atoms with Crippen LogP contribution < -0.4 is 0 Å². The van der Waals surface area contributed by atoms with Crippen LogP contribution in [0.4, 0.5) is 0 Å². The molecule has 0 saturated heterocycles. The van der Waals surface area contributed by atoms with Crippen LogP contribution in [0.5, 0.6) is 0 Å². The minimum atomic E-state index is 0.503.